The second-order valence-electron chi connectivity index (χ2n) is 4.06. The maximum Gasteiger partial charge on any atom is 0.169 e. The highest BCUT2D eigenvalue weighted by molar-refractivity contribution is 5.62. The summed E-state index contributed by atoms with van der Waals surface area (Å²) in [6.45, 7) is 3.89. The molecule has 0 aliphatic carbocycles. The summed E-state index contributed by atoms with van der Waals surface area (Å²) in [4.78, 5) is 0. The molecule has 2 aromatic carbocycles. The second kappa shape index (κ2) is 5.41. The molecule has 0 unspecified atom stereocenters. The van der Waals surface area contributed by atoms with Crippen molar-refractivity contribution in [3.8, 4) is 17.2 Å². The first-order valence-corrected chi connectivity index (χ1v) is 5.90. The molecular weight excluding hydrogens is 224 g/mol. The van der Waals surface area contributed by atoms with Crippen LogP contribution in [0.25, 0.3) is 6.08 Å². The van der Waals surface area contributed by atoms with Crippen LogP contribution >= 0.6 is 0 Å². The molecule has 0 atom stereocenters. The molecule has 0 amide bonds. The van der Waals surface area contributed by atoms with E-state index in [-0.39, 0.29) is 5.75 Å². The average Bonchev–Trinajstić information content (AvgIpc) is 2.37. The molecule has 18 heavy (non-hydrogen) atoms. The van der Waals surface area contributed by atoms with Crippen LogP contribution in [0.3, 0.4) is 0 Å². The second-order valence-corrected chi connectivity index (χ2v) is 4.06. The van der Waals surface area contributed by atoms with Gasteiger partial charge in [0.1, 0.15) is 5.75 Å². The van der Waals surface area contributed by atoms with Gasteiger partial charge in [-0.25, -0.2) is 0 Å². The van der Waals surface area contributed by atoms with Crippen LogP contribution in [0, 0.1) is 6.92 Å². The van der Waals surface area contributed by atoms with Crippen LogP contribution in [0.5, 0.6) is 17.2 Å². The summed E-state index contributed by atoms with van der Waals surface area (Å²) in [5.74, 6) is 1.39. The largest absolute Gasteiger partial charge is 0.504 e. The van der Waals surface area contributed by atoms with Gasteiger partial charge in [0.25, 0.3) is 0 Å². The Labute approximate surface area is 107 Å². The SMILES string of the molecule is C/C=C\c1cccc(Oc2ccccc2C)c1O. The van der Waals surface area contributed by atoms with Gasteiger partial charge in [-0.05, 0) is 31.5 Å². The minimum atomic E-state index is 0.166. The molecule has 0 aliphatic rings. The first-order chi connectivity index (χ1) is 8.72. The van der Waals surface area contributed by atoms with E-state index in [4.69, 9.17) is 4.74 Å². The number of phenolic OH excluding ortho intramolecular Hbond substituents is 1. The number of phenols is 1. The zero-order chi connectivity index (χ0) is 13.0. The number of hydrogen-bond acceptors (Lipinski definition) is 2. The van der Waals surface area contributed by atoms with Crippen molar-refractivity contribution in [2.75, 3.05) is 0 Å². The van der Waals surface area contributed by atoms with E-state index in [2.05, 4.69) is 0 Å². The van der Waals surface area contributed by atoms with Crippen LogP contribution in [0.2, 0.25) is 0 Å². The normalized spacial score (nSPS) is 10.8. The lowest BCUT2D eigenvalue weighted by Gasteiger charge is -2.11. The van der Waals surface area contributed by atoms with Crippen LogP contribution in [0.15, 0.2) is 48.5 Å². The first kappa shape index (κ1) is 12.2. The molecule has 0 fully saturated rings. The molecule has 92 valence electrons. The summed E-state index contributed by atoms with van der Waals surface area (Å²) in [7, 11) is 0. The zero-order valence-corrected chi connectivity index (χ0v) is 10.6. The molecule has 2 aromatic rings. The molecular formula is C16H16O2. The smallest absolute Gasteiger partial charge is 0.169 e. The van der Waals surface area contributed by atoms with Gasteiger partial charge in [0.15, 0.2) is 11.5 Å². The Hall–Kier alpha value is -2.22. The van der Waals surface area contributed by atoms with Gasteiger partial charge in [0.05, 0.1) is 0 Å². The molecule has 0 aromatic heterocycles. The van der Waals surface area contributed by atoms with Gasteiger partial charge in [0, 0.05) is 5.56 Å². The number of hydrogen-bond donors (Lipinski definition) is 1. The van der Waals surface area contributed by atoms with Crippen molar-refractivity contribution in [1.82, 2.24) is 0 Å². The lowest BCUT2D eigenvalue weighted by molar-refractivity contribution is 0.409. The average molecular weight is 240 g/mol. The van der Waals surface area contributed by atoms with Crippen molar-refractivity contribution >= 4 is 6.08 Å². The Balaban J connectivity index is 2.35. The Morgan fingerprint density at radius 3 is 2.44 bits per heavy atom. The Morgan fingerprint density at radius 1 is 1.00 bits per heavy atom. The van der Waals surface area contributed by atoms with E-state index in [1.807, 2.05) is 62.4 Å². The minimum absolute atomic E-state index is 0.166. The molecule has 2 nitrogen and oxygen atoms in total. The van der Waals surface area contributed by atoms with E-state index in [0.717, 1.165) is 16.9 Å². The Bertz CT molecular complexity index is 571. The summed E-state index contributed by atoms with van der Waals surface area (Å²) < 4.78 is 5.74. The topological polar surface area (TPSA) is 29.5 Å². The first-order valence-electron chi connectivity index (χ1n) is 5.90. The van der Waals surface area contributed by atoms with Crippen molar-refractivity contribution in [3.63, 3.8) is 0 Å². The molecule has 0 bridgehead atoms. The third-order valence-corrected chi connectivity index (χ3v) is 2.69. The van der Waals surface area contributed by atoms with Gasteiger partial charge in [-0.2, -0.15) is 0 Å². The third-order valence-electron chi connectivity index (χ3n) is 2.69. The molecule has 2 heteroatoms. The quantitative estimate of drug-likeness (QED) is 0.854. The van der Waals surface area contributed by atoms with E-state index in [1.165, 1.54) is 0 Å². The van der Waals surface area contributed by atoms with Gasteiger partial charge in [-0.3, -0.25) is 0 Å². The minimum Gasteiger partial charge on any atom is -0.504 e. The Kier molecular flexibility index (Phi) is 3.68. The number of ether oxygens (including phenoxy) is 1. The molecule has 1 N–H and O–H groups in total. The molecule has 0 aliphatic heterocycles. The van der Waals surface area contributed by atoms with E-state index < -0.39 is 0 Å². The maximum atomic E-state index is 10.1. The van der Waals surface area contributed by atoms with Crippen molar-refractivity contribution < 1.29 is 9.84 Å². The fourth-order valence-corrected chi connectivity index (χ4v) is 1.73. The predicted molar refractivity (Wildman–Crippen MR) is 74.1 cm³/mol. The fraction of sp³-hybridized carbons (Fsp3) is 0.125. The zero-order valence-electron chi connectivity index (χ0n) is 10.6. The van der Waals surface area contributed by atoms with Crippen LogP contribution in [-0.4, -0.2) is 5.11 Å². The van der Waals surface area contributed by atoms with Crippen LogP contribution in [0.1, 0.15) is 18.1 Å². The van der Waals surface area contributed by atoms with Gasteiger partial charge >= 0.3 is 0 Å². The number of allylic oxidation sites excluding steroid dienone is 1. The highest BCUT2D eigenvalue weighted by Gasteiger charge is 2.08. The monoisotopic (exact) mass is 240 g/mol. The third kappa shape index (κ3) is 2.54. The molecule has 2 rings (SSSR count). The number of aryl methyl sites for hydroxylation is 1. The summed E-state index contributed by atoms with van der Waals surface area (Å²) in [5.41, 5.74) is 1.79. The van der Waals surface area contributed by atoms with Crippen molar-refractivity contribution in [2.45, 2.75) is 13.8 Å². The van der Waals surface area contributed by atoms with E-state index in [0.29, 0.717) is 5.75 Å². The van der Waals surface area contributed by atoms with Crippen LogP contribution in [-0.2, 0) is 0 Å². The van der Waals surface area contributed by atoms with Crippen molar-refractivity contribution in [3.05, 3.63) is 59.7 Å². The number of para-hydroxylation sites is 2. The maximum absolute atomic E-state index is 10.1. The van der Waals surface area contributed by atoms with Crippen molar-refractivity contribution in [1.29, 1.82) is 0 Å². The fourth-order valence-electron chi connectivity index (χ4n) is 1.73. The molecule has 0 radical (unpaired) electrons. The predicted octanol–water partition coefficient (Wildman–Crippen LogP) is 4.53. The molecule has 0 saturated heterocycles. The summed E-state index contributed by atoms with van der Waals surface area (Å²) in [6.07, 6.45) is 3.73. The van der Waals surface area contributed by atoms with Gasteiger partial charge < -0.3 is 9.84 Å². The van der Waals surface area contributed by atoms with Gasteiger partial charge in [-0.15, -0.1) is 0 Å². The van der Waals surface area contributed by atoms with Crippen molar-refractivity contribution in [2.24, 2.45) is 0 Å². The Morgan fingerprint density at radius 2 is 1.72 bits per heavy atom. The highest BCUT2D eigenvalue weighted by Crippen LogP contribution is 2.35. The van der Waals surface area contributed by atoms with Crippen LogP contribution < -0.4 is 4.74 Å². The van der Waals surface area contributed by atoms with Gasteiger partial charge in [0.2, 0.25) is 0 Å². The lowest BCUT2D eigenvalue weighted by atomic mass is 10.1. The number of benzene rings is 2. The van der Waals surface area contributed by atoms with Crippen LogP contribution in [0.4, 0.5) is 0 Å². The number of aromatic hydroxyl groups is 1. The highest BCUT2D eigenvalue weighted by atomic mass is 16.5. The summed E-state index contributed by atoms with van der Waals surface area (Å²) in [6, 6.07) is 13.2. The van der Waals surface area contributed by atoms with E-state index in [1.54, 1.807) is 6.07 Å². The molecule has 0 spiro atoms. The summed E-state index contributed by atoms with van der Waals surface area (Å²) >= 11 is 0. The lowest BCUT2D eigenvalue weighted by Crippen LogP contribution is -1.88. The van der Waals surface area contributed by atoms with E-state index in [9.17, 15) is 5.11 Å². The summed E-state index contributed by atoms with van der Waals surface area (Å²) in [5, 5.41) is 10.1. The van der Waals surface area contributed by atoms with Gasteiger partial charge in [-0.1, -0.05) is 42.5 Å². The standard InChI is InChI=1S/C16H16O2/c1-3-7-13-9-6-11-15(16(13)17)18-14-10-5-4-8-12(14)2/h3-11,17H,1-2H3/b7-3-. The molecule has 0 heterocycles. The van der Waals surface area contributed by atoms with E-state index >= 15 is 0 Å². The number of rotatable bonds is 3. The molecule has 0 saturated carbocycles.